The van der Waals surface area contributed by atoms with Gasteiger partial charge in [0.2, 0.25) is 0 Å². The van der Waals surface area contributed by atoms with Crippen LogP contribution in [0.5, 0.6) is 0 Å². The van der Waals surface area contributed by atoms with Gasteiger partial charge >= 0.3 is 0 Å². The summed E-state index contributed by atoms with van der Waals surface area (Å²) in [5.74, 6) is -1.59. The molecule has 0 unspecified atom stereocenters. The molecule has 0 radical (unpaired) electrons. The number of amides is 1. The minimum atomic E-state index is -3.82. The molecule has 0 saturated carbocycles. The monoisotopic (exact) mass is 300 g/mol. The zero-order chi connectivity index (χ0) is 13.9. The molecule has 100 valence electrons. The third-order valence-electron chi connectivity index (χ3n) is 2.18. The van der Waals surface area contributed by atoms with Gasteiger partial charge in [-0.15, -0.1) is 16.2 Å². The van der Waals surface area contributed by atoms with Crippen molar-refractivity contribution < 1.29 is 17.6 Å². The third kappa shape index (κ3) is 3.16. The average Bonchev–Trinajstić information content (AvgIpc) is 2.91. The molecular formula is C11H9FN2O3S2. The lowest BCUT2D eigenvalue weighted by molar-refractivity contribution is 0.0941. The number of hydrazine groups is 1. The zero-order valence-electron chi connectivity index (χ0n) is 9.46. The van der Waals surface area contributed by atoms with Crippen LogP contribution < -0.4 is 10.3 Å². The summed E-state index contributed by atoms with van der Waals surface area (Å²) >= 11 is 1.00. The lowest BCUT2D eigenvalue weighted by atomic mass is 10.2. The molecular weight excluding hydrogens is 291 g/mol. The summed E-state index contributed by atoms with van der Waals surface area (Å²) in [6.45, 7) is 0. The molecule has 2 rings (SSSR count). The highest BCUT2D eigenvalue weighted by molar-refractivity contribution is 7.91. The fourth-order valence-corrected chi connectivity index (χ4v) is 3.13. The minimum absolute atomic E-state index is 0.0568. The quantitative estimate of drug-likeness (QED) is 0.840. The topological polar surface area (TPSA) is 75.3 Å². The molecule has 0 atom stereocenters. The Morgan fingerprint density at radius 3 is 2.53 bits per heavy atom. The highest BCUT2D eigenvalue weighted by Crippen LogP contribution is 2.14. The molecule has 5 nitrogen and oxygen atoms in total. The molecule has 1 aromatic carbocycles. The number of hydrogen-bond donors (Lipinski definition) is 2. The van der Waals surface area contributed by atoms with Crippen LogP contribution in [0.3, 0.4) is 0 Å². The second-order valence-corrected chi connectivity index (χ2v) is 6.33. The Hall–Kier alpha value is -1.77. The van der Waals surface area contributed by atoms with Crippen LogP contribution in [0.25, 0.3) is 0 Å². The number of carbonyl (C=O) groups excluding carboxylic acids is 1. The van der Waals surface area contributed by atoms with Gasteiger partial charge in [0, 0.05) is 0 Å². The maximum atomic E-state index is 13.3. The van der Waals surface area contributed by atoms with Gasteiger partial charge in [-0.2, -0.15) is 0 Å². The van der Waals surface area contributed by atoms with Gasteiger partial charge in [-0.1, -0.05) is 18.2 Å². The predicted octanol–water partition coefficient (Wildman–Crippen LogP) is 1.51. The highest BCUT2D eigenvalue weighted by Gasteiger charge is 2.17. The number of thiophene rings is 1. The van der Waals surface area contributed by atoms with Crippen molar-refractivity contribution in [3.63, 3.8) is 0 Å². The number of hydrogen-bond acceptors (Lipinski definition) is 4. The van der Waals surface area contributed by atoms with Crippen LogP contribution in [0, 0.1) is 5.82 Å². The summed E-state index contributed by atoms with van der Waals surface area (Å²) in [7, 11) is -3.82. The van der Waals surface area contributed by atoms with E-state index in [0.717, 1.165) is 17.4 Å². The smallest absolute Gasteiger partial charge is 0.269 e. The van der Waals surface area contributed by atoms with E-state index in [1.54, 1.807) is 11.4 Å². The number of sulfonamides is 1. The van der Waals surface area contributed by atoms with Crippen LogP contribution in [-0.2, 0) is 10.0 Å². The molecule has 1 aromatic heterocycles. The maximum Gasteiger partial charge on any atom is 0.269 e. The van der Waals surface area contributed by atoms with Gasteiger partial charge in [0.25, 0.3) is 15.9 Å². The van der Waals surface area contributed by atoms with Gasteiger partial charge in [-0.25, -0.2) is 12.8 Å². The maximum absolute atomic E-state index is 13.3. The van der Waals surface area contributed by atoms with Crippen molar-refractivity contribution in [1.82, 2.24) is 10.3 Å². The normalized spacial score (nSPS) is 11.2. The Balaban J connectivity index is 2.08. The van der Waals surface area contributed by atoms with E-state index in [2.05, 4.69) is 0 Å². The van der Waals surface area contributed by atoms with Crippen molar-refractivity contribution in [2.75, 3.05) is 0 Å². The Morgan fingerprint density at radius 2 is 1.89 bits per heavy atom. The van der Waals surface area contributed by atoms with Crippen LogP contribution in [0.2, 0.25) is 0 Å². The van der Waals surface area contributed by atoms with Crippen LogP contribution in [0.15, 0.2) is 46.0 Å². The molecule has 2 N–H and O–H groups in total. The molecule has 19 heavy (non-hydrogen) atoms. The third-order valence-corrected chi connectivity index (χ3v) is 4.82. The Bertz CT molecular complexity index is 684. The van der Waals surface area contributed by atoms with E-state index in [0.29, 0.717) is 0 Å². The number of rotatable bonds is 4. The molecule has 0 bridgehead atoms. The molecule has 0 aliphatic heterocycles. The van der Waals surface area contributed by atoms with Gasteiger partial charge in [0.05, 0.1) is 5.56 Å². The molecule has 0 aliphatic rings. The van der Waals surface area contributed by atoms with E-state index in [1.165, 1.54) is 24.3 Å². The molecule has 1 amide bonds. The Kier molecular flexibility index (Phi) is 3.93. The summed E-state index contributed by atoms with van der Waals surface area (Å²) in [5.41, 5.74) is 1.72. The number of nitrogens with one attached hydrogen (secondary N) is 2. The first-order valence-electron chi connectivity index (χ1n) is 5.11. The van der Waals surface area contributed by atoms with E-state index < -0.39 is 21.7 Å². The Labute approximate surface area is 113 Å². The summed E-state index contributed by atoms with van der Waals surface area (Å²) in [6, 6.07) is 8.24. The SMILES string of the molecule is O=C(NNS(=O)(=O)c1cccs1)c1ccccc1F. The van der Waals surface area contributed by atoms with E-state index in [1.807, 2.05) is 10.3 Å². The molecule has 8 heteroatoms. The number of halogens is 1. The summed E-state index contributed by atoms with van der Waals surface area (Å²) in [4.78, 5) is 13.5. The van der Waals surface area contributed by atoms with Crippen LogP contribution >= 0.6 is 11.3 Å². The van der Waals surface area contributed by atoms with Crippen molar-refractivity contribution in [2.45, 2.75) is 4.21 Å². The Morgan fingerprint density at radius 1 is 1.16 bits per heavy atom. The van der Waals surface area contributed by atoms with Crippen molar-refractivity contribution in [1.29, 1.82) is 0 Å². The number of benzene rings is 1. The molecule has 1 heterocycles. The summed E-state index contributed by atoms with van der Waals surface area (Å²) in [5, 5.41) is 1.59. The molecule has 0 spiro atoms. The summed E-state index contributed by atoms with van der Waals surface area (Å²) in [6.07, 6.45) is 0. The highest BCUT2D eigenvalue weighted by atomic mass is 32.2. The molecule has 0 aliphatic carbocycles. The van der Waals surface area contributed by atoms with Gasteiger partial charge in [0.1, 0.15) is 10.0 Å². The van der Waals surface area contributed by atoms with Gasteiger partial charge in [-0.05, 0) is 23.6 Å². The predicted molar refractivity (Wildman–Crippen MR) is 68.5 cm³/mol. The zero-order valence-corrected chi connectivity index (χ0v) is 11.1. The van der Waals surface area contributed by atoms with Gasteiger partial charge in [-0.3, -0.25) is 10.2 Å². The van der Waals surface area contributed by atoms with Crippen molar-refractivity contribution in [2.24, 2.45) is 0 Å². The first kappa shape index (κ1) is 13.7. The standard InChI is InChI=1S/C11H9FN2O3S2/c12-9-5-2-1-4-8(9)11(15)13-14-19(16,17)10-6-3-7-18-10/h1-7,14H,(H,13,15). The van der Waals surface area contributed by atoms with Crippen molar-refractivity contribution in [3.8, 4) is 0 Å². The second-order valence-electron chi connectivity index (χ2n) is 3.47. The van der Waals surface area contributed by atoms with E-state index in [9.17, 15) is 17.6 Å². The largest absolute Gasteiger partial charge is 0.273 e. The van der Waals surface area contributed by atoms with E-state index in [4.69, 9.17) is 0 Å². The van der Waals surface area contributed by atoms with Gasteiger partial charge < -0.3 is 0 Å². The van der Waals surface area contributed by atoms with Crippen molar-refractivity contribution in [3.05, 3.63) is 53.2 Å². The van der Waals surface area contributed by atoms with Gasteiger partial charge in [0.15, 0.2) is 0 Å². The van der Waals surface area contributed by atoms with Crippen LogP contribution in [-0.4, -0.2) is 14.3 Å². The minimum Gasteiger partial charge on any atom is -0.273 e. The van der Waals surface area contributed by atoms with E-state index in [-0.39, 0.29) is 9.77 Å². The lowest BCUT2D eigenvalue weighted by Crippen LogP contribution is -2.41. The second kappa shape index (κ2) is 5.47. The summed E-state index contributed by atoms with van der Waals surface area (Å²) < 4.78 is 36.8. The average molecular weight is 300 g/mol. The lowest BCUT2D eigenvalue weighted by Gasteiger charge is -2.07. The first-order chi connectivity index (χ1) is 9.00. The van der Waals surface area contributed by atoms with Crippen LogP contribution in [0.1, 0.15) is 10.4 Å². The first-order valence-corrected chi connectivity index (χ1v) is 7.47. The molecule has 0 fully saturated rings. The fraction of sp³-hybridized carbons (Fsp3) is 0. The molecule has 0 saturated heterocycles. The van der Waals surface area contributed by atoms with Crippen molar-refractivity contribution >= 4 is 27.3 Å². The van der Waals surface area contributed by atoms with Crippen LogP contribution in [0.4, 0.5) is 4.39 Å². The molecule has 2 aromatic rings. The van der Waals surface area contributed by atoms with E-state index >= 15 is 0 Å². The number of carbonyl (C=O) groups is 1. The fourth-order valence-electron chi connectivity index (χ4n) is 1.29.